The van der Waals surface area contributed by atoms with Gasteiger partial charge in [0.15, 0.2) is 0 Å². The summed E-state index contributed by atoms with van der Waals surface area (Å²) < 4.78 is 60.8. The van der Waals surface area contributed by atoms with E-state index in [1.165, 1.54) is 43.5 Å². The number of nitrogens with one attached hydrogen (secondary N) is 2. The third kappa shape index (κ3) is 5.18. The second-order valence-electron chi connectivity index (χ2n) is 7.17. The highest BCUT2D eigenvalue weighted by Crippen LogP contribution is 2.24. The quantitative estimate of drug-likeness (QED) is 0.550. The van der Waals surface area contributed by atoms with Crippen LogP contribution in [0.1, 0.15) is 16.7 Å². The third-order valence-electron chi connectivity index (χ3n) is 4.85. The van der Waals surface area contributed by atoms with Gasteiger partial charge in [0.25, 0.3) is 20.0 Å². The minimum Gasteiger partial charge on any atom is -0.496 e. The van der Waals surface area contributed by atoms with Crippen molar-refractivity contribution in [3.63, 3.8) is 0 Å². The van der Waals surface area contributed by atoms with Crippen molar-refractivity contribution < 1.29 is 21.6 Å². The van der Waals surface area contributed by atoms with Crippen LogP contribution >= 0.6 is 0 Å². The fourth-order valence-electron chi connectivity index (χ4n) is 2.95. The molecule has 0 radical (unpaired) electrons. The fourth-order valence-corrected chi connectivity index (χ4v) is 5.15. The summed E-state index contributed by atoms with van der Waals surface area (Å²) in [6.45, 7) is 5.60. The van der Waals surface area contributed by atoms with Crippen molar-refractivity contribution in [2.75, 3.05) is 16.6 Å². The number of methoxy groups -OCH3 is 1. The largest absolute Gasteiger partial charge is 0.496 e. The molecule has 2 N–H and O–H groups in total. The fraction of sp³-hybridized carbons (Fsp3) is 0.182. The molecule has 0 aliphatic heterocycles. The van der Waals surface area contributed by atoms with E-state index in [9.17, 15) is 16.8 Å². The number of aryl methyl sites for hydroxylation is 3. The number of sulfonamides is 2. The highest BCUT2D eigenvalue weighted by molar-refractivity contribution is 7.93. The Bertz CT molecular complexity index is 1320. The minimum atomic E-state index is -3.84. The van der Waals surface area contributed by atoms with Gasteiger partial charge in [0, 0.05) is 11.4 Å². The SMILES string of the molecule is COc1ccc(S(=O)(=O)Nc2ccc(S(=O)(=O)Nc3ccc(C)c(C)c3)cc2)cc1C. The lowest BCUT2D eigenvalue weighted by Crippen LogP contribution is -2.15. The molecular weight excluding hydrogens is 436 g/mol. The maximum atomic E-state index is 12.7. The molecule has 31 heavy (non-hydrogen) atoms. The molecule has 9 heteroatoms. The van der Waals surface area contributed by atoms with Crippen LogP contribution in [0.5, 0.6) is 5.75 Å². The zero-order valence-electron chi connectivity index (χ0n) is 17.6. The van der Waals surface area contributed by atoms with E-state index in [-0.39, 0.29) is 15.5 Å². The van der Waals surface area contributed by atoms with E-state index < -0.39 is 20.0 Å². The van der Waals surface area contributed by atoms with Crippen LogP contribution in [0.4, 0.5) is 11.4 Å². The Labute approximate surface area is 183 Å². The molecule has 0 atom stereocenters. The first-order chi connectivity index (χ1) is 14.5. The lowest BCUT2D eigenvalue weighted by Gasteiger charge is -2.12. The second-order valence-corrected chi connectivity index (χ2v) is 10.5. The Balaban J connectivity index is 1.79. The van der Waals surface area contributed by atoms with Gasteiger partial charge in [-0.25, -0.2) is 16.8 Å². The van der Waals surface area contributed by atoms with Crippen LogP contribution in [-0.2, 0) is 20.0 Å². The van der Waals surface area contributed by atoms with Gasteiger partial charge >= 0.3 is 0 Å². The normalized spacial score (nSPS) is 11.7. The van der Waals surface area contributed by atoms with Crippen molar-refractivity contribution in [2.24, 2.45) is 0 Å². The monoisotopic (exact) mass is 460 g/mol. The number of hydrogen-bond acceptors (Lipinski definition) is 5. The molecule has 0 saturated heterocycles. The van der Waals surface area contributed by atoms with Gasteiger partial charge in [-0.3, -0.25) is 9.44 Å². The number of anilines is 2. The van der Waals surface area contributed by atoms with E-state index in [1.807, 2.05) is 19.9 Å². The molecule has 0 saturated carbocycles. The van der Waals surface area contributed by atoms with Gasteiger partial charge in [0.05, 0.1) is 16.9 Å². The van der Waals surface area contributed by atoms with Crippen molar-refractivity contribution in [3.8, 4) is 5.75 Å². The molecule has 0 heterocycles. The Kier molecular flexibility index (Phi) is 6.28. The molecule has 3 rings (SSSR count). The number of ether oxygens (including phenoxy) is 1. The highest BCUT2D eigenvalue weighted by atomic mass is 32.2. The lowest BCUT2D eigenvalue weighted by molar-refractivity contribution is 0.411. The number of hydrogen-bond donors (Lipinski definition) is 2. The van der Waals surface area contributed by atoms with Gasteiger partial charge in [-0.15, -0.1) is 0 Å². The van der Waals surface area contributed by atoms with E-state index in [4.69, 9.17) is 4.74 Å². The van der Waals surface area contributed by atoms with Gasteiger partial charge in [0.2, 0.25) is 0 Å². The van der Waals surface area contributed by atoms with E-state index in [0.717, 1.165) is 11.1 Å². The molecule has 3 aromatic carbocycles. The summed E-state index contributed by atoms with van der Waals surface area (Å²) >= 11 is 0. The zero-order valence-corrected chi connectivity index (χ0v) is 19.3. The van der Waals surface area contributed by atoms with Crippen LogP contribution in [0, 0.1) is 20.8 Å². The van der Waals surface area contributed by atoms with Crippen LogP contribution in [-0.4, -0.2) is 23.9 Å². The van der Waals surface area contributed by atoms with Crippen molar-refractivity contribution >= 4 is 31.4 Å². The van der Waals surface area contributed by atoms with Gasteiger partial charge in [-0.1, -0.05) is 6.07 Å². The van der Waals surface area contributed by atoms with Crippen molar-refractivity contribution in [1.82, 2.24) is 0 Å². The summed E-state index contributed by atoms with van der Waals surface area (Å²) in [5.74, 6) is 0.588. The molecule has 0 bridgehead atoms. The smallest absolute Gasteiger partial charge is 0.261 e. The Hall–Kier alpha value is -3.04. The van der Waals surface area contributed by atoms with Gasteiger partial charge in [-0.05, 0) is 92.1 Å². The average molecular weight is 461 g/mol. The summed E-state index contributed by atoms with van der Waals surface area (Å²) in [5.41, 5.74) is 3.43. The number of benzene rings is 3. The lowest BCUT2D eigenvalue weighted by atomic mass is 10.1. The predicted octanol–water partition coefficient (Wildman–Crippen LogP) is 4.22. The van der Waals surface area contributed by atoms with Crippen molar-refractivity contribution in [3.05, 3.63) is 77.4 Å². The molecule has 3 aromatic rings. The second kappa shape index (κ2) is 8.60. The van der Waals surface area contributed by atoms with Crippen molar-refractivity contribution in [2.45, 2.75) is 30.6 Å². The standard InChI is InChI=1S/C22H24N2O5S2/c1-15-5-6-19(13-16(15)2)24-30(25,26)20-9-7-18(8-10-20)23-31(27,28)21-11-12-22(29-4)17(3)14-21/h5-14,23-24H,1-4H3. The summed E-state index contributed by atoms with van der Waals surface area (Å²) in [4.78, 5) is 0.105. The highest BCUT2D eigenvalue weighted by Gasteiger charge is 2.18. The topological polar surface area (TPSA) is 102 Å². The summed E-state index contributed by atoms with van der Waals surface area (Å²) in [6, 6.07) is 15.3. The van der Waals surface area contributed by atoms with E-state index in [1.54, 1.807) is 25.1 Å². The van der Waals surface area contributed by atoms with Crippen LogP contribution in [0.25, 0.3) is 0 Å². The summed E-state index contributed by atoms with van der Waals surface area (Å²) in [7, 11) is -6.13. The van der Waals surface area contributed by atoms with E-state index in [0.29, 0.717) is 17.0 Å². The van der Waals surface area contributed by atoms with Gasteiger partial charge < -0.3 is 4.74 Å². The van der Waals surface area contributed by atoms with Crippen LogP contribution in [0.2, 0.25) is 0 Å². The molecule has 0 spiro atoms. The van der Waals surface area contributed by atoms with Crippen LogP contribution in [0.3, 0.4) is 0 Å². The van der Waals surface area contributed by atoms with Crippen molar-refractivity contribution in [1.29, 1.82) is 0 Å². The molecule has 0 unspecified atom stereocenters. The summed E-state index contributed by atoms with van der Waals surface area (Å²) in [6.07, 6.45) is 0. The minimum absolute atomic E-state index is 0.0222. The first kappa shape index (κ1) is 22.6. The third-order valence-corrected chi connectivity index (χ3v) is 7.63. The molecule has 0 aromatic heterocycles. The molecule has 0 fully saturated rings. The van der Waals surface area contributed by atoms with E-state index >= 15 is 0 Å². The number of rotatable bonds is 7. The Morgan fingerprint density at radius 3 is 1.74 bits per heavy atom. The maximum absolute atomic E-state index is 12.7. The first-order valence-electron chi connectivity index (χ1n) is 9.39. The average Bonchev–Trinajstić information content (AvgIpc) is 2.70. The Morgan fingerprint density at radius 2 is 1.16 bits per heavy atom. The predicted molar refractivity (Wildman–Crippen MR) is 122 cm³/mol. The first-order valence-corrected chi connectivity index (χ1v) is 12.4. The van der Waals surface area contributed by atoms with Gasteiger partial charge in [0.1, 0.15) is 5.75 Å². The zero-order chi connectivity index (χ0) is 22.8. The molecule has 0 aliphatic rings. The van der Waals surface area contributed by atoms with Crippen LogP contribution in [0.15, 0.2) is 70.5 Å². The molecule has 164 valence electrons. The maximum Gasteiger partial charge on any atom is 0.261 e. The summed E-state index contributed by atoms with van der Waals surface area (Å²) in [5, 5.41) is 0. The molecule has 7 nitrogen and oxygen atoms in total. The van der Waals surface area contributed by atoms with Gasteiger partial charge in [-0.2, -0.15) is 0 Å². The van der Waals surface area contributed by atoms with E-state index in [2.05, 4.69) is 9.44 Å². The molecule has 0 amide bonds. The Morgan fingerprint density at radius 1 is 0.613 bits per heavy atom. The van der Waals surface area contributed by atoms with Crippen LogP contribution < -0.4 is 14.2 Å². The molecule has 0 aliphatic carbocycles. The molecular formula is C22H24N2O5S2.